The summed E-state index contributed by atoms with van der Waals surface area (Å²) in [6.45, 7) is 2.44. The summed E-state index contributed by atoms with van der Waals surface area (Å²) < 4.78 is 6.86. The van der Waals surface area contributed by atoms with Gasteiger partial charge in [0.15, 0.2) is 5.82 Å². The first-order valence-corrected chi connectivity index (χ1v) is 5.35. The molecule has 1 unspecified atom stereocenters. The molecule has 2 rings (SSSR count). The van der Waals surface area contributed by atoms with Gasteiger partial charge in [0.25, 0.3) is 0 Å². The van der Waals surface area contributed by atoms with E-state index in [1.807, 2.05) is 31.2 Å². The van der Waals surface area contributed by atoms with Gasteiger partial charge in [-0.05, 0) is 35.0 Å². The van der Waals surface area contributed by atoms with Crippen LogP contribution in [0.5, 0.6) is 5.75 Å². The molecular formula is C11H15N5O. The summed E-state index contributed by atoms with van der Waals surface area (Å²) in [6, 6.07) is 7.59. The quantitative estimate of drug-likeness (QED) is 0.843. The highest BCUT2D eigenvalue weighted by Crippen LogP contribution is 2.14. The second kappa shape index (κ2) is 4.92. The first-order chi connectivity index (χ1) is 8.20. The maximum absolute atomic E-state index is 5.78. The first kappa shape index (κ1) is 11.5. The normalized spacial score (nSPS) is 12.4. The third-order valence-corrected chi connectivity index (χ3v) is 2.43. The van der Waals surface area contributed by atoms with Gasteiger partial charge in [0, 0.05) is 0 Å². The van der Waals surface area contributed by atoms with Crippen molar-refractivity contribution in [3.05, 3.63) is 35.7 Å². The third-order valence-electron chi connectivity index (χ3n) is 2.43. The second-order valence-electron chi connectivity index (χ2n) is 3.83. The number of hydrogen-bond donors (Lipinski definition) is 1. The molecule has 0 saturated heterocycles. The number of rotatable bonds is 4. The number of tetrazole rings is 1. The highest BCUT2D eigenvalue weighted by molar-refractivity contribution is 5.28. The van der Waals surface area contributed by atoms with Crippen molar-refractivity contribution in [2.45, 2.75) is 19.5 Å². The van der Waals surface area contributed by atoms with Crippen molar-refractivity contribution in [1.29, 1.82) is 0 Å². The Kier molecular flexibility index (Phi) is 3.34. The zero-order chi connectivity index (χ0) is 12.3. The SMILES string of the molecule is COc1cccc(Cn2nnnc2C(C)N)c1. The molecule has 90 valence electrons. The van der Waals surface area contributed by atoms with Crippen molar-refractivity contribution in [2.24, 2.45) is 5.73 Å². The zero-order valence-corrected chi connectivity index (χ0v) is 9.87. The van der Waals surface area contributed by atoms with E-state index < -0.39 is 0 Å². The zero-order valence-electron chi connectivity index (χ0n) is 9.87. The fraction of sp³-hybridized carbons (Fsp3) is 0.364. The van der Waals surface area contributed by atoms with Crippen LogP contribution in [0.15, 0.2) is 24.3 Å². The first-order valence-electron chi connectivity index (χ1n) is 5.35. The molecule has 17 heavy (non-hydrogen) atoms. The average molecular weight is 233 g/mol. The summed E-state index contributed by atoms with van der Waals surface area (Å²) in [7, 11) is 1.64. The lowest BCUT2D eigenvalue weighted by Crippen LogP contribution is -2.15. The summed E-state index contributed by atoms with van der Waals surface area (Å²) in [5.41, 5.74) is 6.85. The maximum Gasteiger partial charge on any atom is 0.168 e. The minimum atomic E-state index is -0.185. The monoisotopic (exact) mass is 233 g/mol. The number of methoxy groups -OCH3 is 1. The number of ether oxygens (including phenoxy) is 1. The van der Waals surface area contributed by atoms with E-state index >= 15 is 0 Å². The molecule has 1 aromatic heterocycles. The Bertz CT molecular complexity index is 494. The molecular weight excluding hydrogens is 218 g/mol. The van der Waals surface area contributed by atoms with Crippen LogP contribution in [0.3, 0.4) is 0 Å². The van der Waals surface area contributed by atoms with Crippen LogP contribution in [-0.2, 0) is 6.54 Å². The Morgan fingerprint density at radius 3 is 3.00 bits per heavy atom. The number of nitrogens with zero attached hydrogens (tertiary/aromatic N) is 4. The highest BCUT2D eigenvalue weighted by atomic mass is 16.5. The van der Waals surface area contributed by atoms with Gasteiger partial charge in [0.2, 0.25) is 0 Å². The van der Waals surface area contributed by atoms with Gasteiger partial charge in [-0.1, -0.05) is 12.1 Å². The van der Waals surface area contributed by atoms with Crippen LogP contribution in [0, 0.1) is 0 Å². The molecule has 0 spiro atoms. The largest absolute Gasteiger partial charge is 0.497 e. The van der Waals surface area contributed by atoms with Crippen molar-refractivity contribution in [3.8, 4) is 5.75 Å². The van der Waals surface area contributed by atoms with Crippen molar-refractivity contribution in [3.63, 3.8) is 0 Å². The van der Waals surface area contributed by atoms with Crippen molar-refractivity contribution >= 4 is 0 Å². The Labute approximate surface area is 99.4 Å². The Balaban J connectivity index is 2.22. The minimum Gasteiger partial charge on any atom is -0.497 e. The van der Waals surface area contributed by atoms with E-state index in [4.69, 9.17) is 10.5 Å². The molecule has 6 nitrogen and oxygen atoms in total. The Morgan fingerprint density at radius 2 is 2.29 bits per heavy atom. The van der Waals surface area contributed by atoms with Crippen LogP contribution in [0.4, 0.5) is 0 Å². The van der Waals surface area contributed by atoms with Gasteiger partial charge in [-0.25, -0.2) is 4.68 Å². The number of benzene rings is 1. The molecule has 0 aliphatic carbocycles. The van der Waals surface area contributed by atoms with Gasteiger partial charge >= 0.3 is 0 Å². The van der Waals surface area contributed by atoms with Crippen LogP contribution >= 0.6 is 0 Å². The molecule has 1 atom stereocenters. The molecule has 0 saturated carbocycles. The van der Waals surface area contributed by atoms with Crippen molar-refractivity contribution < 1.29 is 4.74 Å². The average Bonchev–Trinajstić information content (AvgIpc) is 2.77. The fourth-order valence-electron chi connectivity index (χ4n) is 1.59. The maximum atomic E-state index is 5.78. The molecule has 0 fully saturated rings. The Morgan fingerprint density at radius 1 is 1.47 bits per heavy atom. The van der Waals surface area contributed by atoms with E-state index in [1.165, 1.54) is 0 Å². The van der Waals surface area contributed by atoms with Crippen molar-refractivity contribution in [2.75, 3.05) is 7.11 Å². The molecule has 1 aromatic carbocycles. The lowest BCUT2D eigenvalue weighted by molar-refractivity contribution is 0.414. The van der Waals surface area contributed by atoms with Crippen molar-refractivity contribution in [1.82, 2.24) is 20.2 Å². The molecule has 0 bridgehead atoms. The highest BCUT2D eigenvalue weighted by Gasteiger charge is 2.10. The van der Waals surface area contributed by atoms with E-state index in [9.17, 15) is 0 Å². The third kappa shape index (κ3) is 2.59. The molecule has 6 heteroatoms. The van der Waals surface area contributed by atoms with E-state index in [0.29, 0.717) is 12.4 Å². The molecule has 1 heterocycles. The van der Waals surface area contributed by atoms with Crippen LogP contribution < -0.4 is 10.5 Å². The van der Waals surface area contributed by atoms with Crippen LogP contribution in [0.2, 0.25) is 0 Å². The predicted octanol–water partition coefficient (Wildman–Crippen LogP) is 0.750. The van der Waals surface area contributed by atoms with Gasteiger partial charge in [-0.2, -0.15) is 0 Å². The summed E-state index contributed by atoms with van der Waals surface area (Å²) >= 11 is 0. The topological polar surface area (TPSA) is 78.8 Å². The van der Waals surface area contributed by atoms with E-state index in [0.717, 1.165) is 11.3 Å². The molecule has 0 aliphatic heterocycles. The van der Waals surface area contributed by atoms with Gasteiger partial charge in [-0.3, -0.25) is 0 Å². The van der Waals surface area contributed by atoms with Gasteiger partial charge in [-0.15, -0.1) is 5.10 Å². The Hall–Kier alpha value is -1.95. The fourth-order valence-corrected chi connectivity index (χ4v) is 1.59. The number of aromatic nitrogens is 4. The smallest absolute Gasteiger partial charge is 0.168 e. The van der Waals surface area contributed by atoms with Crippen LogP contribution in [0.25, 0.3) is 0 Å². The van der Waals surface area contributed by atoms with E-state index in [2.05, 4.69) is 15.5 Å². The predicted molar refractivity (Wildman–Crippen MR) is 62.5 cm³/mol. The lowest BCUT2D eigenvalue weighted by Gasteiger charge is -2.08. The van der Waals surface area contributed by atoms with E-state index in [1.54, 1.807) is 11.8 Å². The van der Waals surface area contributed by atoms with Gasteiger partial charge in [0.1, 0.15) is 5.75 Å². The standard InChI is InChI=1S/C11H15N5O/c1-8(12)11-13-14-15-16(11)7-9-4-3-5-10(6-9)17-2/h3-6,8H,7,12H2,1-2H3. The second-order valence-corrected chi connectivity index (χ2v) is 3.83. The van der Waals surface area contributed by atoms with E-state index in [-0.39, 0.29) is 6.04 Å². The molecule has 0 amide bonds. The molecule has 0 radical (unpaired) electrons. The lowest BCUT2D eigenvalue weighted by atomic mass is 10.2. The van der Waals surface area contributed by atoms with Crippen LogP contribution in [-0.4, -0.2) is 27.3 Å². The summed E-state index contributed by atoms with van der Waals surface area (Å²) in [5.74, 6) is 1.49. The summed E-state index contributed by atoms with van der Waals surface area (Å²) in [4.78, 5) is 0. The summed E-state index contributed by atoms with van der Waals surface area (Å²) in [5, 5.41) is 11.5. The summed E-state index contributed by atoms with van der Waals surface area (Å²) in [6.07, 6.45) is 0. The molecule has 2 aromatic rings. The number of nitrogens with two attached hydrogens (primary N) is 1. The van der Waals surface area contributed by atoms with Gasteiger partial charge in [0.05, 0.1) is 19.7 Å². The number of hydrogen-bond acceptors (Lipinski definition) is 5. The minimum absolute atomic E-state index is 0.185. The molecule has 2 N–H and O–H groups in total. The molecule has 0 aliphatic rings. The van der Waals surface area contributed by atoms with Crippen LogP contribution in [0.1, 0.15) is 24.4 Å². The van der Waals surface area contributed by atoms with Gasteiger partial charge < -0.3 is 10.5 Å².